The lowest BCUT2D eigenvalue weighted by Crippen LogP contribution is -2.16. The van der Waals surface area contributed by atoms with Crippen molar-refractivity contribution in [1.82, 2.24) is 19.7 Å². The second-order valence-corrected chi connectivity index (χ2v) is 4.99. The summed E-state index contributed by atoms with van der Waals surface area (Å²) in [5, 5.41) is 6.74. The number of amides is 1. The summed E-state index contributed by atoms with van der Waals surface area (Å²) in [4.78, 5) is 20.3. The number of hydrogen-bond acceptors (Lipinski definition) is 5. The lowest BCUT2D eigenvalue weighted by atomic mass is 10.2. The summed E-state index contributed by atoms with van der Waals surface area (Å²) >= 11 is 0. The Hall–Kier alpha value is -3.29. The molecule has 0 radical (unpaired) electrons. The van der Waals surface area contributed by atoms with Crippen molar-refractivity contribution in [1.29, 1.82) is 0 Å². The standard InChI is InChI=1S/C16H14FN5O2/c1-10-5-12(22-9-13(24-2)8-19-22)6-14(20-10)16(23)21-15-4-3-11(17)7-18-15/h3-9H,1-2H3,(H,18,21,23). The maximum Gasteiger partial charge on any atom is 0.275 e. The SMILES string of the molecule is COc1cnn(-c2cc(C)nc(C(=O)Nc3ccc(F)cn3)c2)c1. The number of ether oxygens (including phenoxy) is 1. The van der Waals surface area contributed by atoms with Crippen molar-refractivity contribution in [3.8, 4) is 11.4 Å². The predicted molar refractivity (Wildman–Crippen MR) is 84.8 cm³/mol. The van der Waals surface area contributed by atoms with Crippen LogP contribution in [0.5, 0.6) is 5.75 Å². The van der Waals surface area contributed by atoms with E-state index in [4.69, 9.17) is 4.74 Å². The van der Waals surface area contributed by atoms with Gasteiger partial charge in [0.15, 0.2) is 5.75 Å². The third-order valence-corrected chi connectivity index (χ3v) is 3.20. The van der Waals surface area contributed by atoms with Gasteiger partial charge in [-0.1, -0.05) is 0 Å². The molecule has 1 N–H and O–H groups in total. The van der Waals surface area contributed by atoms with E-state index in [2.05, 4.69) is 20.4 Å². The molecule has 3 aromatic rings. The van der Waals surface area contributed by atoms with Crippen LogP contribution in [-0.2, 0) is 0 Å². The van der Waals surface area contributed by atoms with Gasteiger partial charge >= 0.3 is 0 Å². The van der Waals surface area contributed by atoms with Crippen LogP contribution < -0.4 is 10.1 Å². The second-order valence-electron chi connectivity index (χ2n) is 4.99. The Bertz CT molecular complexity index is 876. The Morgan fingerprint density at radius 1 is 1.29 bits per heavy atom. The number of aromatic nitrogens is 4. The maximum absolute atomic E-state index is 12.9. The molecule has 0 aromatic carbocycles. The number of nitrogens with one attached hydrogen (secondary N) is 1. The summed E-state index contributed by atoms with van der Waals surface area (Å²) in [6.07, 6.45) is 4.29. The van der Waals surface area contributed by atoms with Crippen LogP contribution in [0.2, 0.25) is 0 Å². The van der Waals surface area contributed by atoms with Gasteiger partial charge in [-0.3, -0.25) is 4.79 Å². The van der Waals surface area contributed by atoms with Gasteiger partial charge in [-0.25, -0.2) is 19.0 Å². The van der Waals surface area contributed by atoms with Crippen LogP contribution in [0, 0.1) is 12.7 Å². The van der Waals surface area contributed by atoms with Gasteiger partial charge in [0.1, 0.15) is 17.3 Å². The Labute approximate surface area is 137 Å². The number of pyridine rings is 2. The molecular weight excluding hydrogens is 313 g/mol. The van der Waals surface area contributed by atoms with Crippen molar-refractivity contribution >= 4 is 11.7 Å². The minimum absolute atomic E-state index is 0.200. The van der Waals surface area contributed by atoms with Crippen LogP contribution in [0.25, 0.3) is 5.69 Å². The van der Waals surface area contributed by atoms with Crippen molar-refractivity contribution in [2.45, 2.75) is 6.92 Å². The minimum Gasteiger partial charge on any atom is -0.493 e. The fourth-order valence-corrected chi connectivity index (χ4v) is 2.08. The molecule has 0 unspecified atom stereocenters. The Balaban J connectivity index is 1.87. The quantitative estimate of drug-likeness (QED) is 0.795. The van der Waals surface area contributed by atoms with Gasteiger partial charge in [-0.2, -0.15) is 5.10 Å². The van der Waals surface area contributed by atoms with Crippen LogP contribution in [0.15, 0.2) is 42.9 Å². The zero-order chi connectivity index (χ0) is 17.1. The highest BCUT2D eigenvalue weighted by molar-refractivity contribution is 6.02. The second kappa shape index (κ2) is 6.45. The number of halogens is 1. The number of carbonyl (C=O) groups excluding carboxylic acids is 1. The van der Waals surface area contributed by atoms with Gasteiger partial charge in [0.25, 0.3) is 5.91 Å². The van der Waals surface area contributed by atoms with Gasteiger partial charge < -0.3 is 10.1 Å². The first kappa shape index (κ1) is 15.6. The molecule has 0 atom stereocenters. The number of rotatable bonds is 4. The van der Waals surface area contributed by atoms with E-state index in [1.54, 1.807) is 43.2 Å². The van der Waals surface area contributed by atoms with Gasteiger partial charge in [0, 0.05) is 5.69 Å². The largest absolute Gasteiger partial charge is 0.493 e. The Morgan fingerprint density at radius 3 is 2.79 bits per heavy atom. The fraction of sp³-hybridized carbons (Fsp3) is 0.125. The van der Waals surface area contributed by atoms with Gasteiger partial charge in [0.05, 0.1) is 31.4 Å². The van der Waals surface area contributed by atoms with Crippen molar-refractivity contribution in [2.75, 3.05) is 12.4 Å². The van der Waals surface area contributed by atoms with Crippen molar-refractivity contribution in [3.63, 3.8) is 0 Å². The number of nitrogens with zero attached hydrogens (tertiary/aromatic N) is 4. The van der Waals surface area contributed by atoms with Gasteiger partial charge in [0.2, 0.25) is 0 Å². The average molecular weight is 327 g/mol. The van der Waals surface area contributed by atoms with Crippen LogP contribution >= 0.6 is 0 Å². The maximum atomic E-state index is 12.9. The first-order valence-electron chi connectivity index (χ1n) is 7.06. The summed E-state index contributed by atoms with van der Waals surface area (Å²) in [6.45, 7) is 1.77. The molecule has 3 heterocycles. The monoisotopic (exact) mass is 327 g/mol. The molecule has 0 aliphatic heterocycles. The van der Waals surface area contributed by atoms with E-state index in [9.17, 15) is 9.18 Å². The van der Waals surface area contributed by atoms with E-state index in [1.807, 2.05) is 0 Å². The van der Waals surface area contributed by atoms with E-state index in [0.29, 0.717) is 17.1 Å². The van der Waals surface area contributed by atoms with Crippen LogP contribution in [0.1, 0.15) is 16.2 Å². The molecule has 24 heavy (non-hydrogen) atoms. The first-order chi connectivity index (χ1) is 11.5. The third kappa shape index (κ3) is 3.37. The zero-order valence-corrected chi connectivity index (χ0v) is 13.0. The van der Waals surface area contributed by atoms with Crippen LogP contribution in [-0.4, -0.2) is 32.8 Å². The topological polar surface area (TPSA) is 81.9 Å². The van der Waals surface area contributed by atoms with E-state index in [-0.39, 0.29) is 11.5 Å². The van der Waals surface area contributed by atoms with E-state index >= 15 is 0 Å². The smallest absolute Gasteiger partial charge is 0.275 e. The number of aryl methyl sites for hydroxylation is 1. The molecule has 0 bridgehead atoms. The van der Waals surface area contributed by atoms with Crippen LogP contribution in [0.4, 0.5) is 10.2 Å². The van der Waals surface area contributed by atoms with E-state index < -0.39 is 11.7 Å². The molecule has 0 spiro atoms. The molecular formula is C16H14FN5O2. The summed E-state index contributed by atoms with van der Waals surface area (Å²) in [5.41, 5.74) is 1.52. The lowest BCUT2D eigenvalue weighted by molar-refractivity contribution is 0.102. The number of hydrogen-bond donors (Lipinski definition) is 1. The van der Waals surface area contributed by atoms with Crippen molar-refractivity contribution < 1.29 is 13.9 Å². The Kier molecular flexibility index (Phi) is 4.19. The lowest BCUT2D eigenvalue weighted by Gasteiger charge is -2.07. The normalized spacial score (nSPS) is 10.5. The molecule has 0 aliphatic rings. The van der Waals surface area contributed by atoms with Crippen LogP contribution in [0.3, 0.4) is 0 Å². The predicted octanol–water partition coefficient (Wildman–Crippen LogP) is 2.37. The van der Waals surface area contributed by atoms with E-state index in [1.165, 1.54) is 12.1 Å². The molecule has 8 heteroatoms. The molecule has 0 aliphatic carbocycles. The fourth-order valence-electron chi connectivity index (χ4n) is 2.08. The minimum atomic E-state index is -0.475. The summed E-state index contributed by atoms with van der Waals surface area (Å²) in [6, 6.07) is 5.98. The van der Waals surface area contributed by atoms with Gasteiger partial charge in [-0.05, 0) is 31.2 Å². The molecule has 0 saturated carbocycles. The molecule has 3 aromatic heterocycles. The first-order valence-corrected chi connectivity index (χ1v) is 7.06. The molecule has 0 fully saturated rings. The molecule has 0 saturated heterocycles. The highest BCUT2D eigenvalue weighted by Crippen LogP contribution is 2.16. The number of anilines is 1. The number of methoxy groups -OCH3 is 1. The van der Waals surface area contributed by atoms with Gasteiger partial charge in [-0.15, -0.1) is 0 Å². The third-order valence-electron chi connectivity index (χ3n) is 3.20. The van der Waals surface area contributed by atoms with Crippen molar-refractivity contribution in [3.05, 3.63) is 60.1 Å². The zero-order valence-electron chi connectivity index (χ0n) is 13.0. The summed E-state index contributed by atoms with van der Waals surface area (Å²) in [7, 11) is 1.55. The molecule has 122 valence electrons. The van der Waals surface area contributed by atoms with E-state index in [0.717, 1.165) is 6.20 Å². The van der Waals surface area contributed by atoms with Crippen molar-refractivity contribution in [2.24, 2.45) is 0 Å². The number of carbonyl (C=O) groups is 1. The summed E-state index contributed by atoms with van der Waals surface area (Å²) in [5.74, 6) is -0.0761. The Morgan fingerprint density at radius 2 is 2.12 bits per heavy atom. The molecule has 3 rings (SSSR count). The highest BCUT2D eigenvalue weighted by atomic mass is 19.1. The summed E-state index contributed by atoms with van der Waals surface area (Å²) < 4.78 is 19.5. The molecule has 7 nitrogen and oxygen atoms in total. The average Bonchev–Trinajstić information content (AvgIpc) is 3.05. The molecule has 1 amide bonds. The highest BCUT2D eigenvalue weighted by Gasteiger charge is 2.12.